The third-order valence-corrected chi connectivity index (χ3v) is 4.07. The summed E-state index contributed by atoms with van der Waals surface area (Å²) in [6.45, 7) is 3.69. The summed E-state index contributed by atoms with van der Waals surface area (Å²) in [7, 11) is 0. The average molecular weight is 341 g/mol. The van der Waals surface area contributed by atoms with Crippen molar-refractivity contribution in [2.45, 2.75) is 31.8 Å². The van der Waals surface area contributed by atoms with Crippen molar-refractivity contribution >= 4 is 6.29 Å². The number of nitrogens with one attached hydrogen (secondary N) is 1. The van der Waals surface area contributed by atoms with Gasteiger partial charge in [-0.15, -0.1) is 0 Å². The van der Waals surface area contributed by atoms with Gasteiger partial charge < -0.3 is 20.0 Å². The Kier molecular flexibility index (Phi) is 8.16. The molecule has 0 aromatic heterocycles. The summed E-state index contributed by atoms with van der Waals surface area (Å²) < 4.78 is 5.87. The third kappa shape index (κ3) is 6.00. The molecule has 0 aliphatic rings. The lowest BCUT2D eigenvalue weighted by Crippen LogP contribution is -2.32. The van der Waals surface area contributed by atoms with Gasteiger partial charge in [0.25, 0.3) is 0 Å². The Hall–Kier alpha value is -2.17. The van der Waals surface area contributed by atoms with Crippen molar-refractivity contribution in [1.82, 2.24) is 5.32 Å². The molecular weight excluding hydrogens is 314 g/mol. The van der Waals surface area contributed by atoms with Crippen LogP contribution in [-0.4, -0.2) is 37.2 Å². The second-order valence-corrected chi connectivity index (χ2v) is 6.07. The molecule has 0 heterocycles. The fourth-order valence-corrected chi connectivity index (χ4v) is 2.81. The number of rotatable bonds is 11. The Morgan fingerprint density at radius 2 is 1.84 bits per heavy atom. The molecule has 0 saturated heterocycles. The van der Waals surface area contributed by atoms with Crippen molar-refractivity contribution in [3.8, 4) is 5.75 Å². The maximum Gasteiger partial charge on any atom is 0.123 e. The molecule has 0 aliphatic heterocycles. The number of carbonyl (C=O) groups is 1. The summed E-state index contributed by atoms with van der Waals surface area (Å²) in [6.07, 6.45) is 1.80. The molecule has 4 heteroatoms. The molecule has 2 N–H and O–H groups in total. The van der Waals surface area contributed by atoms with E-state index in [1.54, 1.807) is 0 Å². The highest BCUT2D eigenvalue weighted by Gasteiger charge is 2.18. The number of aldehydes is 1. The number of hydrogen-bond acceptors (Lipinski definition) is 4. The van der Waals surface area contributed by atoms with Gasteiger partial charge in [0, 0.05) is 24.4 Å². The minimum Gasteiger partial charge on any atom is -0.491 e. The highest BCUT2D eigenvalue weighted by Crippen LogP contribution is 2.33. The zero-order chi connectivity index (χ0) is 17.9. The Morgan fingerprint density at radius 1 is 1.12 bits per heavy atom. The van der Waals surface area contributed by atoms with Crippen LogP contribution in [-0.2, 0) is 4.79 Å². The van der Waals surface area contributed by atoms with Crippen LogP contribution in [0, 0.1) is 0 Å². The van der Waals surface area contributed by atoms with Crippen molar-refractivity contribution in [1.29, 1.82) is 0 Å². The predicted octanol–water partition coefficient (Wildman–Crippen LogP) is 3.15. The van der Waals surface area contributed by atoms with Crippen LogP contribution < -0.4 is 10.1 Å². The number of hydrogen-bond donors (Lipinski definition) is 2. The highest BCUT2D eigenvalue weighted by molar-refractivity contribution is 5.55. The lowest BCUT2D eigenvalue weighted by molar-refractivity contribution is -0.108. The number of aliphatic hydroxyl groups is 1. The first kappa shape index (κ1) is 19.2. The molecule has 4 nitrogen and oxygen atoms in total. The Morgan fingerprint density at radius 3 is 2.56 bits per heavy atom. The largest absolute Gasteiger partial charge is 0.491 e. The topological polar surface area (TPSA) is 58.6 Å². The fourth-order valence-electron chi connectivity index (χ4n) is 2.81. The standard InChI is InChI=1S/C21H27NO3/c1-2-13-22-15-18(24)16-25-21-11-7-6-10-20(21)19(12-14-23)17-8-4-3-5-9-17/h3-11,14,18-19,22,24H,2,12-13,15-16H2,1H3. The molecule has 0 radical (unpaired) electrons. The first-order valence-electron chi connectivity index (χ1n) is 8.85. The third-order valence-electron chi connectivity index (χ3n) is 4.07. The van der Waals surface area contributed by atoms with Gasteiger partial charge in [0.15, 0.2) is 0 Å². The van der Waals surface area contributed by atoms with E-state index in [-0.39, 0.29) is 12.5 Å². The van der Waals surface area contributed by atoms with E-state index in [1.807, 2.05) is 54.6 Å². The quantitative estimate of drug-likeness (QED) is 0.487. The van der Waals surface area contributed by atoms with Crippen molar-refractivity contribution in [2.24, 2.45) is 0 Å². The highest BCUT2D eigenvalue weighted by atomic mass is 16.5. The molecule has 0 bridgehead atoms. The summed E-state index contributed by atoms with van der Waals surface area (Å²) in [6, 6.07) is 17.7. The number of aliphatic hydroxyl groups excluding tert-OH is 1. The Bertz CT molecular complexity index is 630. The number of benzene rings is 2. The second-order valence-electron chi connectivity index (χ2n) is 6.07. The van der Waals surface area contributed by atoms with E-state index in [0.717, 1.165) is 30.4 Å². The lowest BCUT2D eigenvalue weighted by Gasteiger charge is -2.20. The van der Waals surface area contributed by atoms with Gasteiger partial charge >= 0.3 is 0 Å². The summed E-state index contributed by atoms with van der Waals surface area (Å²) in [5, 5.41) is 13.2. The fraction of sp³-hybridized carbons (Fsp3) is 0.381. The van der Waals surface area contributed by atoms with Crippen LogP contribution in [0.25, 0.3) is 0 Å². The molecular formula is C21H27NO3. The van der Waals surface area contributed by atoms with Crippen LogP contribution in [0.15, 0.2) is 54.6 Å². The van der Waals surface area contributed by atoms with Crippen molar-refractivity contribution in [3.05, 3.63) is 65.7 Å². The van der Waals surface area contributed by atoms with Gasteiger partial charge in [0.1, 0.15) is 24.7 Å². The molecule has 0 spiro atoms. The maximum absolute atomic E-state index is 11.2. The maximum atomic E-state index is 11.2. The Balaban J connectivity index is 2.11. The van der Waals surface area contributed by atoms with Crippen molar-refractivity contribution in [3.63, 3.8) is 0 Å². The second kappa shape index (κ2) is 10.6. The molecule has 2 aromatic rings. The number of carbonyl (C=O) groups excluding carboxylic acids is 1. The van der Waals surface area contributed by atoms with E-state index >= 15 is 0 Å². The first-order chi connectivity index (χ1) is 12.3. The average Bonchev–Trinajstić information content (AvgIpc) is 2.66. The smallest absolute Gasteiger partial charge is 0.123 e. The van der Waals surface area contributed by atoms with Gasteiger partial charge in [0.05, 0.1) is 0 Å². The molecule has 2 unspecified atom stereocenters. The molecule has 0 aliphatic carbocycles. The molecule has 2 aromatic carbocycles. The summed E-state index contributed by atoms with van der Waals surface area (Å²) in [5.41, 5.74) is 2.05. The monoisotopic (exact) mass is 341 g/mol. The molecule has 25 heavy (non-hydrogen) atoms. The summed E-state index contributed by atoms with van der Waals surface area (Å²) >= 11 is 0. The van der Waals surface area contributed by atoms with E-state index in [0.29, 0.717) is 18.7 Å². The molecule has 2 atom stereocenters. The van der Waals surface area contributed by atoms with E-state index in [9.17, 15) is 9.90 Å². The van der Waals surface area contributed by atoms with Crippen molar-refractivity contribution < 1.29 is 14.6 Å². The normalized spacial score (nSPS) is 13.2. The first-order valence-corrected chi connectivity index (χ1v) is 8.85. The van der Waals surface area contributed by atoms with E-state index < -0.39 is 6.10 Å². The van der Waals surface area contributed by atoms with Gasteiger partial charge in [-0.05, 0) is 24.6 Å². The van der Waals surface area contributed by atoms with Crippen LogP contribution in [0.3, 0.4) is 0 Å². The predicted molar refractivity (Wildman–Crippen MR) is 100 cm³/mol. The minimum atomic E-state index is -0.569. The molecule has 0 saturated carbocycles. The van der Waals surface area contributed by atoms with Gasteiger partial charge in [-0.25, -0.2) is 0 Å². The van der Waals surface area contributed by atoms with Gasteiger partial charge in [0.2, 0.25) is 0 Å². The summed E-state index contributed by atoms with van der Waals surface area (Å²) in [5.74, 6) is 0.665. The zero-order valence-electron chi connectivity index (χ0n) is 14.7. The lowest BCUT2D eigenvalue weighted by atomic mass is 9.88. The minimum absolute atomic E-state index is 0.0507. The van der Waals surface area contributed by atoms with E-state index in [2.05, 4.69) is 12.2 Å². The van der Waals surface area contributed by atoms with Gasteiger partial charge in [-0.1, -0.05) is 55.5 Å². The van der Waals surface area contributed by atoms with Crippen LogP contribution in [0.5, 0.6) is 5.75 Å². The van der Waals surface area contributed by atoms with E-state index in [1.165, 1.54) is 0 Å². The summed E-state index contributed by atoms with van der Waals surface area (Å²) in [4.78, 5) is 11.2. The van der Waals surface area contributed by atoms with Crippen molar-refractivity contribution in [2.75, 3.05) is 19.7 Å². The van der Waals surface area contributed by atoms with Crippen LogP contribution in [0.2, 0.25) is 0 Å². The van der Waals surface area contributed by atoms with Crippen LogP contribution in [0.4, 0.5) is 0 Å². The van der Waals surface area contributed by atoms with Crippen LogP contribution in [0.1, 0.15) is 36.8 Å². The number of ether oxygens (including phenoxy) is 1. The van der Waals surface area contributed by atoms with Gasteiger partial charge in [-0.2, -0.15) is 0 Å². The molecule has 0 fully saturated rings. The SMILES string of the molecule is CCCNCC(O)COc1ccccc1C(CC=O)c1ccccc1. The molecule has 134 valence electrons. The number of para-hydroxylation sites is 1. The zero-order valence-corrected chi connectivity index (χ0v) is 14.7. The Labute approximate surface area is 149 Å². The molecule has 2 rings (SSSR count). The molecule has 0 amide bonds. The van der Waals surface area contributed by atoms with E-state index in [4.69, 9.17) is 4.74 Å². The van der Waals surface area contributed by atoms with Gasteiger partial charge in [-0.3, -0.25) is 0 Å². The van der Waals surface area contributed by atoms with Crippen LogP contribution >= 0.6 is 0 Å².